The molecule has 2 fully saturated rings. The number of aliphatic hydroxyl groups excluding tert-OH is 5. The molecule has 10 atom stereocenters. The van der Waals surface area contributed by atoms with Gasteiger partial charge < -0.3 is 40.1 Å². The molecule has 17 heteroatoms. The summed E-state index contributed by atoms with van der Waals surface area (Å²) in [5.41, 5.74) is -3.15. The zero-order valence-corrected chi connectivity index (χ0v) is 25.0. The molecule has 14 nitrogen and oxygen atoms in total. The summed E-state index contributed by atoms with van der Waals surface area (Å²) in [6.45, 7) is 0.0768. The third-order valence-corrected chi connectivity index (χ3v) is 9.71. The smallest absolute Gasteiger partial charge is 0.136 e. The first-order valence-electron chi connectivity index (χ1n) is 14.3. The number of hydrogen-bond acceptors (Lipinski definition) is 13. The van der Waals surface area contributed by atoms with Crippen molar-refractivity contribution in [3.8, 4) is 22.5 Å². The Balaban J connectivity index is 1.28. The lowest BCUT2D eigenvalue weighted by molar-refractivity contribution is -0.220. The summed E-state index contributed by atoms with van der Waals surface area (Å²) in [5, 5.41) is 81.8. The van der Waals surface area contributed by atoms with Crippen molar-refractivity contribution < 1.29 is 48.9 Å². The maximum atomic E-state index is 13.8. The maximum Gasteiger partial charge on any atom is 0.136 e. The van der Waals surface area contributed by atoms with Gasteiger partial charge >= 0.3 is 0 Å². The van der Waals surface area contributed by atoms with Crippen molar-refractivity contribution in [3.05, 3.63) is 72.6 Å². The van der Waals surface area contributed by atoms with Gasteiger partial charge in [0.15, 0.2) is 0 Å². The number of thioether (sulfide) groups is 1. The van der Waals surface area contributed by atoms with Gasteiger partial charge in [-0.2, -0.15) is 0 Å². The molecule has 2 saturated heterocycles. The van der Waals surface area contributed by atoms with Crippen LogP contribution in [-0.2, 0) is 9.47 Å². The van der Waals surface area contributed by atoms with Crippen LogP contribution in [0.3, 0.4) is 0 Å². The fourth-order valence-corrected chi connectivity index (χ4v) is 7.21. The van der Waals surface area contributed by atoms with Crippen LogP contribution in [0.25, 0.3) is 22.5 Å². The van der Waals surface area contributed by atoms with E-state index in [1.807, 2.05) is 0 Å². The Morgan fingerprint density at radius 3 is 1.91 bits per heavy atom. The fourth-order valence-electron chi connectivity index (χ4n) is 5.82. The third kappa shape index (κ3) is 6.05. The Bertz CT molecular complexity index is 1660. The molecule has 0 amide bonds. The Morgan fingerprint density at radius 1 is 0.804 bits per heavy atom. The van der Waals surface area contributed by atoms with Crippen molar-refractivity contribution >= 4 is 11.8 Å². The van der Waals surface area contributed by atoms with E-state index in [4.69, 9.17) is 9.47 Å². The normalized spacial score (nSPS) is 33.3. The van der Waals surface area contributed by atoms with Crippen LogP contribution in [0.1, 0.15) is 19.0 Å². The van der Waals surface area contributed by atoms with E-state index in [1.54, 1.807) is 12.1 Å². The summed E-state index contributed by atoms with van der Waals surface area (Å²) in [4.78, 5) is 0. The highest BCUT2D eigenvalue weighted by atomic mass is 32.2. The quantitative estimate of drug-likeness (QED) is 0.150. The van der Waals surface area contributed by atoms with Gasteiger partial charge in [0.25, 0.3) is 0 Å². The van der Waals surface area contributed by atoms with Gasteiger partial charge in [-0.25, -0.2) is 18.1 Å². The molecule has 6 rings (SSSR count). The number of rotatable bonds is 8. The van der Waals surface area contributed by atoms with E-state index in [1.165, 1.54) is 65.1 Å². The van der Waals surface area contributed by atoms with Crippen molar-refractivity contribution in [1.82, 2.24) is 30.0 Å². The standard InChI is InChI=1S/C29H32F2N6O8S/c1-29(43)26(37-11-19(33-35-37)15-5-3-7-17(31)9-15)24(41)21(13-39)45-28(29)46-27-25(42)22(23(40)20(12-38)44-27)36-10-18(32-34-36)14-4-2-6-16(30)8-14/h2-11,20-28,38-43H,12-13H2,1H3/t20?,21-,22?,23+,24?,25?,26?,27+,28?,29?/m1/s1. The van der Waals surface area contributed by atoms with Crippen LogP contribution in [0, 0.1) is 11.6 Å². The largest absolute Gasteiger partial charge is 0.394 e. The molecule has 6 N–H and O–H groups in total. The van der Waals surface area contributed by atoms with Crippen LogP contribution in [0.5, 0.6) is 0 Å². The number of benzene rings is 2. The second-order valence-electron chi connectivity index (χ2n) is 11.4. The minimum absolute atomic E-state index is 0.262. The molecular formula is C29H32F2N6O8S. The number of ether oxygens (including phenoxy) is 2. The predicted octanol–water partition coefficient (Wildman–Crippen LogP) is 0.265. The molecule has 0 spiro atoms. The number of hydrogen-bond donors (Lipinski definition) is 6. The molecule has 4 heterocycles. The minimum atomic E-state index is -1.95. The van der Waals surface area contributed by atoms with Crippen molar-refractivity contribution in [3.63, 3.8) is 0 Å². The van der Waals surface area contributed by atoms with Crippen LogP contribution in [0.4, 0.5) is 8.78 Å². The molecule has 4 aromatic rings. The van der Waals surface area contributed by atoms with Crippen LogP contribution >= 0.6 is 11.8 Å². The Morgan fingerprint density at radius 2 is 1.35 bits per heavy atom. The molecule has 2 aromatic carbocycles. The Hall–Kier alpha value is -3.39. The van der Waals surface area contributed by atoms with Gasteiger partial charge in [-0.1, -0.05) is 46.5 Å². The molecule has 46 heavy (non-hydrogen) atoms. The summed E-state index contributed by atoms with van der Waals surface area (Å²) < 4.78 is 41.8. The maximum absolute atomic E-state index is 13.8. The van der Waals surface area contributed by atoms with Gasteiger partial charge in [0.1, 0.15) is 82.1 Å². The van der Waals surface area contributed by atoms with Crippen molar-refractivity contribution in [2.24, 2.45) is 0 Å². The van der Waals surface area contributed by atoms with Crippen LogP contribution < -0.4 is 0 Å². The van der Waals surface area contributed by atoms with Gasteiger partial charge in [-0.3, -0.25) is 0 Å². The molecular weight excluding hydrogens is 630 g/mol. The second-order valence-corrected chi connectivity index (χ2v) is 12.5. The van der Waals surface area contributed by atoms with E-state index in [-0.39, 0.29) is 11.4 Å². The Kier molecular flexibility index (Phi) is 9.21. The van der Waals surface area contributed by atoms with Crippen molar-refractivity contribution in [2.45, 2.75) is 66.0 Å². The van der Waals surface area contributed by atoms with Crippen LogP contribution in [0.2, 0.25) is 0 Å². The molecule has 2 aromatic heterocycles. The number of aromatic nitrogens is 6. The molecule has 0 saturated carbocycles. The molecule has 246 valence electrons. The van der Waals surface area contributed by atoms with Crippen molar-refractivity contribution in [2.75, 3.05) is 13.2 Å². The number of aliphatic hydroxyl groups is 6. The zero-order chi connectivity index (χ0) is 32.7. The summed E-state index contributed by atoms with van der Waals surface area (Å²) in [6.07, 6.45) is -4.05. The van der Waals surface area contributed by atoms with Gasteiger partial charge in [-0.15, -0.1) is 10.2 Å². The van der Waals surface area contributed by atoms with Crippen LogP contribution in [-0.4, -0.2) is 121 Å². The zero-order valence-electron chi connectivity index (χ0n) is 24.2. The molecule has 0 radical (unpaired) electrons. The van der Waals surface area contributed by atoms with Crippen molar-refractivity contribution in [1.29, 1.82) is 0 Å². The summed E-state index contributed by atoms with van der Waals surface area (Å²) in [6, 6.07) is 8.83. The van der Waals surface area contributed by atoms with Gasteiger partial charge in [-0.05, 0) is 31.2 Å². The first-order chi connectivity index (χ1) is 22.0. The lowest BCUT2D eigenvalue weighted by atomic mass is 9.87. The molecule has 0 bridgehead atoms. The van der Waals surface area contributed by atoms with E-state index in [0.29, 0.717) is 11.1 Å². The number of nitrogens with zero attached hydrogens (tertiary/aromatic N) is 6. The Labute approximate surface area is 264 Å². The van der Waals surface area contributed by atoms with Gasteiger partial charge in [0.05, 0.1) is 25.6 Å². The highest BCUT2D eigenvalue weighted by Crippen LogP contribution is 2.46. The van der Waals surface area contributed by atoms with E-state index in [9.17, 15) is 39.4 Å². The highest BCUT2D eigenvalue weighted by molar-refractivity contribution is 8.00. The van der Waals surface area contributed by atoms with E-state index in [0.717, 1.165) is 11.8 Å². The average Bonchev–Trinajstić information content (AvgIpc) is 3.71. The summed E-state index contributed by atoms with van der Waals surface area (Å²) in [7, 11) is 0. The lowest BCUT2D eigenvalue weighted by Gasteiger charge is -2.50. The van der Waals surface area contributed by atoms with Crippen LogP contribution in [0.15, 0.2) is 60.9 Å². The molecule has 2 aliphatic rings. The lowest BCUT2D eigenvalue weighted by Crippen LogP contribution is -2.63. The van der Waals surface area contributed by atoms with E-state index in [2.05, 4.69) is 20.6 Å². The fraction of sp³-hybridized carbons (Fsp3) is 0.448. The molecule has 7 unspecified atom stereocenters. The topological polar surface area (TPSA) is 201 Å². The average molecular weight is 663 g/mol. The summed E-state index contributed by atoms with van der Waals surface area (Å²) >= 11 is 0.795. The first kappa shape index (κ1) is 32.5. The third-order valence-electron chi connectivity index (χ3n) is 8.22. The van der Waals surface area contributed by atoms with Gasteiger partial charge in [0, 0.05) is 11.1 Å². The van der Waals surface area contributed by atoms with E-state index >= 15 is 0 Å². The molecule has 2 aliphatic heterocycles. The van der Waals surface area contributed by atoms with E-state index < -0.39 is 83.9 Å². The van der Waals surface area contributed by atoms with Gasteiger partial charge in [0.2, 0.25) is 0 Å². The highest BCUT2D eigenvalue weighted by Gasteiger charge is 2.56. The minimum Gasteiger partial charge on any atom is -0.394 e. The monoisotopic (exact) mass is 662 g/mol. The summed E-state index contributed by atoms with van der Waals surface area (Å²) in [5.74, 6) is -0.983. The SMILES string of the molecule is CC1(O)C(S[C@@H]2OC(CO)[C@H](O)C(n3cc(-c4cccc(F)c4)nn3)C2O)O[C@H](CO)C(O)C1n1cc(-c2cccc(F)c2)nn1. The first-order valence-corrected chi connectivity index (χ1v) is 15.3. The number of halogens is 2. The predicted molar refractivity (Wildman–Crippen MR) is 157 cm³/mol. The molecule has 0 aliphatic carbocycles. The second kappa shape index (κ2) is 13.0.